The summed E-state index contributed by atoms with van der Waals surface area (Å²) in [6, 6.07) is 0. The van der Waals surface area contributed by atoms with Gasteiger partial charge in [-0.15, -0.1) is 0 Å². The molecule has 0 saturated heterocycles. The van der Waals surface area contributed by atoms with Gasteiger partial charge in [0.05, 0.1) is 27.7 Å². The van der Waals surface area contributed by atoms with Crippen LogP contribution in [-0.4, -0.2) is 70.0 Å². The molecular formula is C37H70NO8P. The molecule has 0 bridgehead atoms. The van der Waals surface area contributed by atoms with Crippen LogP contribution in [0.3, 0.4) is 0 Å². The topological polar surface area (TPSA) is 111 Å². The molecule has 0 aromatic heterocycles. The fraction of sp³-hybridized carbons (Fsp3) is 0.838. The van der Waals surface area contributed by atoms with Gasteiger partial charge in [0.1, 0.15) is 19.8 Å². The lowest BCUT2D eigenvalue weighted by atomic mass is 10.1. The average molecular weight is 688 g/mol. The van der Waals surface area contributed by atoms with Crippen molar-refractivity contribution in [2.24, 2.45) is 0 Å². The van der Waals surface area contributed by atoms with Crippen molar-refractivity contribution in [2.75, 3.05) is 47.5 Å². The largest absolute Gasteiger partial charge is 0.756 e. The van der Waals surface area contributed by atoms with Crippen molar-refractivity contribution in [1.82, 2.24) is 0 Å². The van der Waals surface area contributed by atoms with E-state index >= 15 is 0 Å². The Morgan fingerprint density at radius 3 is 1.66 bits per heavy atom. The van der Waals surface area contributed by atoms with Gasteiger partial charge in [0.2, 0.25) is 0 Å². The number of phosphoric ester groups is 1. The molecule has 0 aromatic carbocycles. The lowest BCUT2D eigenvalue weighted by Crippen LogP contribution is -2.37. The molecule has 0 aromatic rings. The van der Waals surface area contributed by atoms with Crippen LogP contribution < -0.4 is 4.89 Å². The Morgan fingerprint density at radius 2 is 1.13 bits per heavy atom. The van der Waals surface area contributed by atoms with Crippen LogP contribution >= 0.6 is 7.82 Å². The number of rotatable bonds is 33. The first kappa shape index (κ1) is 45.5. The van der Waals surface area contributed by atoms with E-state index in [-0.39, 0.29) is 26.1 Å². The second-order valence-electron chi connectivity index (χ2n) is 13.6. The lowest BCUT2D eigenvalue weighted by Gasteiger charge is -2.28. The fourth-order valence-corrected chi connectivity index (χ4v) is 5.44. The van der Waals surface area contributed by atoms with Gasteiger partial charge in [0.25, 0.3) is 7.82 Å². The lowest BCUT2D eigenvalue weighted by molar-refractivity contribution is -0.870. The molecule has 2 atom stereocenters. The summed E-state index contributed by atoms with van der Waals surface area (Å²) in [6.07, 6.45) is 29.2. The molecule has 0 heterocycles. The van der Waals surface area contributed by atoms with E-state index < -0.39 is 32.5 Å². The van der Waals surface area contributed by atoms with E-state index in [0.29, 0.717) is 17.4 Å². The maximum atomic E-state index is 12.6. The second-order valence-corrected chi connectivity index (χ2v) is 15.0. The third-order valence-corrected chi connectivity index (χ3v) is 8.64. The fourth-order valence-electron chi connectivity index (χ4n) is 4.71. The molecule has 0 amide bonds. The smallest absolute Gasteiger partial charge is 0.306 e. The van der Waals surface area contributed by atoms with Crippen LogP contribution in [0.2, 0.25) is 0 Å². The number of allylic oxidation sites excluding steroid dienone is 4. The summed E-state index contributed by atoms with van der Waals surface area (Å²) < 4.78 is 33.7. The van der Waals surface area contributed by atoms with Gasteiger partial charge in [-0.1, -0.05) is 102 Å². The number of quaternary nitrogens is 1. The predicted molar refractivity (Wildman–Crippen MR) is 190 cm³/mol. The summed E-state index contributed by atoms with van der Waals surface area (Å²) >= 11 is 0. The highest BCUT2D eigenvalue weighted by atomic mass is 31.2. The molecule has 9 nitrogen and oxygen atoms in total. The van der Waals surface area contributed by atoms with Crippen molar-refractivity contribution in [2.45, 2.75) is 155 Å². The number of hydrogen-bond donors (Lipinski definition) is 0. The van der Waals surface area contributed by atoms with Gasteiger partial charge in [0, 0.05) is 12.8 Å². The Morgan fingerprint density at radius 1 is 0.638 bits per heavy atom. The normalized spacial score (nSPS) is 14.1. The van der Waals surface area contributed by atoms with Crippen molar-refractivity contribution < 1.29 is 42.1 Å². The van der Waals surface area contributed by atoms with Gasteiger partial charge in [-0.25, -0.2) is 0 Å². The highest BCUT2D eigenvalue weighted by molar-refractivity contribution is 7.45. The van der Waals surface area contributed by atoms with Crippen LogP contribution in [0.5, 0.6) is 0 Å². The molecule has 0 radical (unpaired) electrons. The molecular weight excluding hydrogens is 617 g/mol. The predicted octanol–water partition coefficient (Wildman–Crippen LogP) is 8.99. The molecule has 0 saturated carbocycles. The standard InChI is InChI=1S/C37H70NO8P/c1-6-8-10-12-14-16-18-19-20-22-24-26-28-30-37(40)46-35(34-45-47(41,42)44-32-31-38(3,4)5)33-43-36(39)29-27-25-23-21-17-15-13-11-9-7-2/h11,13,16,18,35H,6-10,12,14-15,17,19-34H2,1-5H3/b13-11-,18-16-. The number of likely N-dealkylation sites (N-methyl/N-ethyl adjacent to an activating group) is 1. The van der Waals surface area contributed by atoms with Gasteiger partial charge < -0.3 is 27.9 Å². The average Bonchev–Trinajstić information content (AvgIpc) is 3.01. The summed E-state index contributed by atoms with van der Waals surface area (Å²) in [5.74, 6) is -0.860. The van der Waals surface area contributed by atoms with Crippen LogP contribution in [0.1, 0.15) is 149 Å². The third kappa shape index (κ3) is 34.2. The van der Waals surface area contributed by atoms with Crippen molar-refractivity contribution in [3.63, 3.8) is 0 Å². The molecule has 47 heavy (non-hydrogen) atoms. The maximum Gasteiger partial charge on any atom is 0.306 e. The Balaban J connectivity index is 4.48. The third-order valence-electron chi connectivity index (χ3n) is 7.67. The van der Waals surface area contributed by atoms with Gasteiger partial charge in [-0.05, 0) is 57.8 Å². The first-order valence-electron chi connectivity index (χ1n) is 18.5. The van der Waals surface area contributed by atoms with E-state index in [2.05, 4.69) is 38.2 Å². The molecule has 10 heteroatoms. The number of phosphoric acid groups is 1. The van der Waals surface area contributed by atoms with Gasteiger partial charge in [0.15, 0.2) is 6.10 Å². The summed E-state index contributed by atoms with van der Waals surface area (Å²) in [6.45, 7) is 4.10. The summed E-state index contributed by atoms with van der Waals surface area (Å²) in [7, 11) is 1.15. The monoisotopic (exact) mass is 687 g/mol. The highest BCUT2D eigenvalue weighted by Crippen LogP contribution is 2.38. The van der Waals surface area contributed by atoms with E-state index in [0.717, 1.165) is 77.0 Å². The molecule has 2 unspecified atom stereocenters. The minimum atomic E-state index is -4.61. The number of carbonyl (C=O) groups is 2. The molecule has 0 aliphatic carbocycles. The minimum Gasteiger partial charge on any atom is -0.756 e. The summed E-state index contributed by atoms with van der Waals surface area (Å²) in [5, 5.41) is 0. The van der Waals surface area contributed by atoms with E-state index in [1.165, 1.54) is 38.5 Å². The second kappa shape index (κ2) is 30.5. The number of nitrogens with zero attached hydrogens (tertiary/aromatic N) is 1. The van der Waals surface area contributed by atoms with Gasteiger partial charge in [-0.2, -0.15) is 0 Å². The molecule has 0 N–H and O–H groups in total. The molecule has 0 rings (SSSR count). The Labute approximate surface area is 288 Å². The van der Waals surface area contributed by atoms with E-state index in [9.17, 15) is 19.0 Å². The maximum absolute atomic E-state index is 12.6. The molecule has 276 valence electrons. The first-order valence-corrected chi connectivity index (χ1v) is 20.0. The number of esters is 2. The Kier molecular flexibility index (Phi) is 29.6. The van der Waals surface area contributed by atoms with E-state index in [4.69, 9.17) is 18.5 Å². The van der Waals surface area contributed by atoms with Gasteiger partial charge >= 0.3 is 11.9 Å². The van der Waals surface area contributed by atoms with E-state index in [1.807, 2.05) is 21.1 Å². The quantitative estimate of drug-likeness (QED) is 0.0221. The Bertz CT molecular complexity index is 871. The van der Waals surface area contributed by atoms with Crippen molar-refractivity contribution in [1.29, 1.82) is 0 Å². The summed E-state index contributed by atoms with van der Waals surface area (Å²) in [5.41, 5.74) is 0. The zero-order valence-corrected chi connectivity index (χ0v) is 31.6. The number of ether oxygens (including phenoxy) is 2. The zero-order chi connectivity index (χ0) is 35.1. The van der Waals surface area contributed by atoms with Crippen LogP contribution in [0, 0.1) is 0 Å². The number of hydrogen-bond acceptors (Lipinski definition) is 8. The zero-order valence-electron chi connectivity index (χ0n) is 30.7. The molecule has 0 spiro atoms. The van der Waals surface area contributed by atoms with Crippen LogP contribution in [0.15, 0.2) is 24.3 Å². The molecule has 0 aliphatic rings. The first-order chi connectivity index (χ1) is 22.5. The minimum absolute atomic E-state index is 0.0331. The highest BCUT2D eigenvalue weighted by Gasteiger charge is 2.21. The van der Waals surface area contributed by atoms with E-state index in [1.54, 1.807) is 0 Å². The van der Waals surface area contributed by atoms with Crippen LogP contribution in [-0.2, 0) is 32.7 Å². The van der Waals surface area contributed by atoms with Crippen LogP contribution in [0.4, 0.5) is 0 Å². The van der Waals surface area contributed by atoms with Crippen LogP contribution in [0.25, 0.3) is 0 Å². The summed E-state index contributed by atoms with van der Waals surface area (Å²) in [4.78, 5) is 37.2. The van der Waals surface area contributed by atoms with Crippen molar-refractivity contribution in [3.8, 4) is 0 Å². The van der Waals surface area contributed by atoms with Gasteiger partial charge in [-0.3, -0.25) is 14.2 Å². The van der Waals surface area contributed by atoms with Crippen molar-refractivity contribution >= 4 is 19.8 Å². The number of unbranched alkanes of at least 4 members (excludes halogenated alkanes) is 15. The molecule has 0 aliphatic heterocycles. The SMILES string of the molecule is CCC/C=C\CCCCCCCC(=O)OCC(COP(=O)([O-])OCC[N+](C)(C)C)OC(=O)CCCCCCC/C=C\CCCCCC. The molecule has 0 fully saturated rings. The number of carbonyl (C=O) groups excluding carboxylic acids is 2. The Hall–Kier alpha value is -1.51. The van der Waals surface area contributed by atoms with Crippen molar-refractivity contribution in [3.05, 3.63) is 24.3 Å².